The summed E-state index contributed by atoms with van der Waals surface area (Å²) in [5, 5.41) is 3.08. The first kappa shape index (κ1) is 20.2. The van der Waals surface area contributed by atoms with E-state index in [1.165, 1.54) is 26.4 Å². The van der Waals surface area contributed by atoms with Gasteiger partial charge in [-0.3, -0.25) is 9.59 Å². The molecule has 0 unspecified atom stereocenters. The summed E-state index contributed by atoms with van der Waals surface area (Å²) in [6, 6.07) is 9.52. The first-order valence-electron chi connectivity index (χ1n) is 8.50. The van der Waals surface area contributed by atoms with Crippen LogP contribution in [0.25, 0.3) is 5.69 Å². The molecular formula is C20H18ClN3O5. The lowest BCUT2D eigenvalue weighted by molar-refractivity contribution is 0.102. The zero-order valence-electron chi connectivity index (χ0n) is 15.9. The third-order valence-electron chi connectivity index (χ3n) is 4.28. The van der Waals surface area contributed by atoms with E-state index in [-0.39, 0.29) is 11.3 Å². The van der Waals surface area contributed by atoms with E-state index < -0.39 is 17.2 Å². The van der Waals surface area contributed by atoms with Crippen LogP contribution in [-0.2, 0) is 0 Å². The molecule has 2 N–H and O–H groups in total. The fourth-order valence-corrected chi connectivity index (χ4v) is 2.88. The maximum atomic E-state index is 12.9. The largest absolute Gasteiger partial charge is 0.493 e. The zero-order chi connectivity index (χ0) is 21.1. The van der Waals surface area contributed by atoms with Crippen LogP contribution in [0.15, 0.2) is 52.2 Å². The molecule has 8 nitrogen and oxygen atoms in total. The second-order valence-corrected chi connectivity index (χ2v) is 6.51. The summed E-state index contributed by atoms with van der Waals surface area (Å²) in [4.78, 5) is 40.2. The molecule has 1 heterocycles. The molecule has 0 aliphatic heterocycles. The number of nitrogens with zero attached hydrogens (tertiary/aromatic N) is 1. The fraction of sp³-hybridized carbons (Fsp3) is 0.150. The Bertz CT molecular complexity index is 1200. The third-order valence-corrected chi connectivity index (χ3v) is 4.68. The van der Waals surface area contributed by atoms with Crippen LogP contribution in [0.3, 0.4) is 0 Å². The number of amides is 1. The minimum absolute atomic E-state index is 0.224. The molecule has 3 aromatic rings. The van der Waals surface area contributed by atoms with Crippen LogP contribution >= 0.6 is 11.6 Å². The van der Waals surface area contributed by atoms with E-state index in [2.05, 4.69) is 10.3 Å². The predicted molar refractivity (Wildman–Crippen MR) is 110 cm³/mol. The van der Waals surface area contributed by atoms with Crippen LogP contribution in [0, 0.1) is 6.92 Å². The van der Waals surface area contributed by atoms with Gasteiger partial charge in [0.1, 0.15) is 5.56 Å². The molecule has 1 aromatic heterocycles. The zero-order valence-corrected chi connectivity index (χ0v) is 16.7. The molecule has 0 atom stereocenters. The van der Waals surface area contributed by atoms with Crippen LogP contribution in [0.4, 0.5) is 5.69 Å². The summed E-state index contributed by atoms with van der Waals surface area (Å²) in [7, 11) is 2.91. The number of aryl methyl sites for hydroxylation is 1. The van der Waals surface area contributed by atoms with Gasteiger partial charge in [-0.05, 0) is 36.8 Å². The number of hydrogen-bond donors (Lipinski definition) is 2. The maximum absolute atomic E-state index is 12.9. The highest BCUT2D eigenvalue weighted by molar-refractivity contribution is 6.31. The van der Waals surface area contributed by atoms with E-state index in [9.17, 15) is 14.4 Å². The molecule has 0 spiro atoms. The number of anilines is 1. The number of hydrogen-bond acceptors (Lipinski definition) is 5. The lowest BCUT2D eigenvalue weighted by Crippen LogP contribution is -2.38. The van der Waals surface area contributed by atoms with E-state index >= 15 is 0 Å². The molecule has 0 aliphatic rings. The van der Waals surface area contributed by atoms with Crippen LogP contribution in [0.2, 0.25) is 5.02 Å². The highest BCUT2D eigenvalue weighted by atomic mass is 35.5. The average Bonchev–Trinajstić information content (AvgIpc) is 2.70. The molecule has 3 rings (SSSR count). The van der Waals surface area contributed by atoms with Gasteiger partial charge in [-0.15, -0.1) is 0 Å². The summed E-state index contributed by atoms with van der Waals surface area (Å²) >= 11 is 6.07. The Kier molecular flexibility index (Phi) is 5.74. The van der Waals surface area contributed by atoms with Crippen molar-refractivity contribution in [2.75, 3.05) is 19.5 Å². The van der Waals surface area contributed by atoms with E-state index in [0.29, 0.717) is 22.2 Å². The molecule has 0 radical (unpaired) electrons. The number of benzene rings is 2. The highest BCUT2D eigenvalue weighted by Gasteiger charge is 2.17. The van der Waals surface area contributed by atoms with Gasteiger partial charge in [-0.25, -0.2) is 9.36 Å². The molecule has 29 heavy (non-hydrogen) atoms. The molecule has 0 bridgehead atoms. The van der Waals surface area contributed by atoms with Gasteiger partial charge >= 0.3 is 5.69 Å². The Morgan fingerprint density at radius 3 is 2.45 bits per heavy atom. The normalized spacial score (nSPS) is 10.5. The molecule has 1 amide bonds. The van der Waals surface area contributed by atoms with Crippen molar-refractivity contribution >= 4 is 23.2 Å². The first-order valence-corrected chi connectivity index (χ1v) is 8.88. The molecular weight excluding hydrogens is 398 g/mol. The van der Waals surface area contributed by atoms with Gasteiger partial charge in [-0.1, -0.05) is 17.7 Å². The Hall–Kier alpha value is -3.52. The quantitative estimate of drug-likeness (QED) is 0.667. The maximum Gasteiger partial charge on any atom is 0.333 e. The first-order chi connectivity index (χ1) is 13.8. The van der Waals surface area contributed by atoms with E-state index in [0.717, 1.165) is 16.3 Å². The third kappa shape index (κ3) is 4.02. The van der Waals surface area contributed by atoms with Gasteiger partial charge in [0.2, 0.25) is 0 Å². The molecule has 0 fully saturated rings. The number of ether oxygens (including phenoxy) is 2. The number of rotatable bonds is 5. The fourth-order valence-electron chi connectivity index (χ4n) is 2.70. The molecule has 0 saturated heterocycles. The lowest BCUT2D eigenvalue weighted by Gasteiger charge is -2.11. The lowest BCUT2D eigenvalue weighted by atomic mass is 10.2. The minimum Gasteiger partial charge on any atom is -0.493 e. The number of nitrogens with one attached hydrogen (secondary N) is 2. The van der Waals surface area contributed by atoms with Crippen molar-refractivity contribution in [1.82, 2.24) is 9.55 Å². The Morgan fingerprint density at radius 1 is 1.07 bits per heavy atom. The Morgan fingerprint density at radius 2 is 1.79 bits per heavy atom. The van der Waals surface area contributed by atoms with Gasteiger partial charge in [0.25, 0.3) is 11.5 Å². The van der Waals surface area contributed by atoms with Gasteiger partial charge in [-0.2, -0.15) is 0 Å². The minimum atomic E-state index is -0.781. The van der Waals surface area contributed by atoms with Crippen LogP contribution in [0.5, 0.6) is 11.5 Å². The summed E-state index contributed by atoms with van der Waals surface area (Å²) in [5.74, 6) is 0.0896. The van der Waals surface area contributed by atoms with Crippen LogP contribution in [0.1, 0.15) is 15.9 Å². The van der Waals surface area contributed by atoms with Gasteiger partial charge in [0.05, 0.1) is 19.9 Å². The van der Waals surface area contributed by atoms with Crippen LogP contribution < -0.4 is 26.0 Å². The molecule has 0 saturated carbocycles. The number of aromatic nitrogens is 2. The number of aromatic amines is 1. The van der Waals surface area contributed by atoms with Crippen molar-refractivity contribution in [3.63, 3.8) is 0 Å². The molecule has 150 valence electrons. The van der Waals surface area contributed by atoms with Crippen molar-refractivity contribution in [2.24, 2.45) is 0 Å². The van der Waals surface area contributed by atoms with Gasteiger partial charge in [0, 0.05) is 23.0 Å². The number of methoxy groups -OCH3 is 2. The topological polar surface area (TPSA) is 102 Å². The number of halogens is 1. The SMILES string of the molecule is COc1ccc(-n2c(=O)[nH]cc(C(=O)Nc3ccc(C)c(Cl)c3)c2=O)cc1OC. The summed E-state index contributed by atoms with van der Waals surface area (Å²) < 4.78 is 11.2. The van der Waals surface area contributed by atoms with Crippen molar-refractivity contribution in [3.05, 3.63) is 79.6 Å². The van der Waals surface area contributed by atoms with Crippen molar-refractivity contribution in [3.8, 4) is 17.2 Å². The summed E-state index contributed by atoms with van der Waals surface area (Å²) in [6.45, 7) is 1.83. The van der Waals surface area contributed by atoms with Gasteiger partial charge < -0.3 is 19.8 Å². The molecule has 0 aliphatic carbocycles. The van der Waals surface area contributed by atoms with Gasteiger partial charge in [0.15, 0.2) is 11.5 Å². The standard InChI is InChI=1S/C20H18ClN3O5/c1-11-4-5-12(8-15(11)21)23-18(25)14-10-22-20(27)24(19(14)26)13-6-7-16(28-2)17(9-13)29-3/h4-10H,1-3H3,(H,22,27)(H,23,25). The number of carbonyl (C=O) groups is 1. The molecule has 9 heteroatoms. The summed E-state index contributed by atoms with van der Waals surface area (Å²) in [6.07, 6.45) is 1.08. The number of H-pyrrole nitrogens is 1. The van der Waals surface area contributed by atoms with Crippen LogP contribution in [-0.4, -0.2) is 29.7 Å². The Balaban J connectivity index is 2.03. The summed E-state index contributed by atoms with van der Waals surface area (Å²) in [5.41, 5.74) is -0.217. The van der Waals surface area contributed by atoms with Crippen molar-refractivity contribution in [1.29, 1.82) is 0 Å². The smallest absolute Gasteiger partial charge is 0.333 e. The van der Waals surface area contributed by atoms with E-state index in [1.807, 2.05) is 6.92 Å². The highest BCUT2D eigenvalue weighted by Crippen LogP contribution is 2.28. The van der Waals surface area contributed by atoms with Crippen molar-refractivity contribution < 1.29 is 14.3 Å². The van der Waals surface area contributed by atoms with E-state index in [1.54, 1.807) is 24.3 Å². The average molecular weight is 416 g/mol. The predicted octanol–water partition coefficient (Wildman–Crippen LogP) is 2.76. The second kappa shape index (κ2) is 8.24. The van der Waals surface area contributed by atoms with Crippen molar-refractivity contribution in [2.45, 2.75) is 6.92 Å². The Labute approximate surface area is 170 Å². The molecule has 2 aromatic carbocycles. The second-order valence-electron chi connectivity index (χ2n) is 6.11. The number of carbonyl (C=O) groups excluding carboxylic acids is 1. The van der Waals surface area contributed by atoms with E-state index in [4.69, 9.17) is 21.1 Å². The monoisotopic (exact) mass is 415 g/mol.